The van der Waals surface area contributed by atoms with E-state index in [1.165, 1.54) is 52.7 Å². The summed E-state index contributed by atoms with van der Waals surface area (Å²) in [5, 5.41) is 73.3. The Hall–Kier alpha value is -4.50. The molecule has 4 rings (SSSR count). The summed E-state index contributed by atoms with van der Waals surface area (Å²) in [5.74, 6) is -3.61. The van der Waals surface area contributed by atoms with Gasteiger partial charge in [0.25, 0.3) is 0 Å². The first-order chi connectivity index (χ1) is 25.3. The van der Waals surface area contributed by atoms with Gasteiger partial charge in [0.05, 0.1) is 35.0 Å². The standard InChI is InChI=1S/C35H44O18/c1-17-20(45-2)10-18(11-21(17)46-3)6-8-26(38)49-15-25-29(41)31(43)32(44)34(50-25)53-35(16-37)33(30(42)24(14-36)52-35)51-27(39)9-7-19-12-22(47-4)28(40)23(13-19)48-5/h6-13,24-25,29-34,36-37,40-44H,14-16H2,1-5H3/t24-,25-,29-,30-,31+,32-,33+,34-,35+/m0/s1. The molecule has 18 heteroatoms. The average Bonchev–Trinajstić information content (AvgIpc) is 3.42. The molecule has 0 radical (unpaired) electrons. The van der Waals surface area contributed by atoms with E-state index in [-0.39, 0.29) is 17.2 Å². The van der Waals surface area contributed by atoms with Crippen molar-refractivity contribution in [3.8, 4) is 28.7 Å². The van der Waals surface area contributed by atoms with Crippen LogP contribution in [0.15, 0.2) is 36.4 Å². The SMILES string of the molecule is COc1cc(C=CC(=O)OC[C@@H]2O[C@@H](O[C@@]3(CO)O[C@@H](CO)[C@H](O)[C@H]3OC(=O)C=Cc3cc(OC)c(O)c(OC)c3)[C@@H](O)[C@H](O)[C@H]2O)cc(OC)c1C. The molecule has 0 aliphatic carbocycles. The molecule has 2 aromatic rings. The minimum absolute atomic E-state index is 0.0442. The van der Waals surface area contributed by atoms with Gasteiger partial charge in [0.1, 0.15) is 61.3 Å². The van der Waals surface area contributed by atoms with Crippen molar-refractivity contribution in [2.24, 2.45) is 0 Å². The van der Waals surface area contributed by atoms with E-state index in [0.717, 1.165) is 17.7 Å². The number of ether oxygens (including phenoxy) is 9. The Morgan fingerprint density at radius 1 is 0.755 bits per heavy atom. The molecule has 0 unspecified atom stereocenters. The van der Waals surface area contributed by atoms with Crippen LogP contribution in [0.4, 0.5) is 0 Å². The van der Waals surface area contributed by atoms with E-state index in [1.54, 1.807) is 19.1 Å². The highest BCUT2D eigenvalue weighted by molar-refractivity contribution is 5.88. The van der Waals surface area contributed by atoms with Gasteiger partial charge in [0.15, 0.2) is 23.9 Å². The zero-order valence-electron chi connectivity index (χ0n) is 29.5. The number of carbonyl (C=O) groups is 2. The lowest BCUT2D eigenvalue weighted by Gasteiger charge is -2.43. The monoisotopic (exact) mass is 752 g/mol. The number of aliphatic hydroxyl groups is 6. The van der Waals surface area contributed by atoms with Crippen LogP contribution in [0, 0.1) is 6.92 Å². The Morgan fingerprint density at radius 3 is 1.79 bits per heavy atom. The first-order valence-electron chi connectivity index (χ1n) is 16.1. The lowest BCUT2D eigenvalue weighted by molar-refractivity contribution is -0.383. The van der Waals surface area contributed by atoms with Gasteiger partial charge in [-0.25, -0.2) is 9.59 Å². The van der Waals surface area contributed by atoms with Crippen molar-refractivity contribution in [3.63, 3.8) is 0 Å². The number of hydrogen-bond donors (Lipinski definition) is 7. The molecular weight excluding hydrogens is 708 g/mol. The summed E-state index contributed by atoms with van der Waals surface area (Å²) in [6.07, 6.45) is -9.59. The largest absolute Gasteiger partial charge is 0.502 e. The van der Waals surface area contributed by atoms with Gasteiger partial charge in [-0.05, 0) is 54.5 Å². The van der Waals surface area contributed by atoms with Gasteiger partial charge in [0.2, 0.25) is 11.5 Å². The first kappa shape index (κ1) is 41.3. The van der Waals surface area contributed by atoms with Crippen LogP contribution >= 0.6 is 0 Å². The highest BCUT2D eigenvalue weighted by Crippen LogP contribution is 2.39. The van der Waals surface area contributed by atoms with Gasteiger partial charge in [-0.2, -0.15) is 0 Å². The quantitative estimate of drug-likeness (QED) is 0.0866. The van der Waals surface area contributed by atoms with Crippen LogP contribution in [0.1, 0.15) is 16.7 Å². The normalized spacial score (nSPS) is 28.6. The van der Waals surface area contributed by atoms with Crippen LogP contribution in [-0.2, 0) is 33.3 Å². The van der Waals surface area contributed by atoms with Gasteiger partial charge < -0.3 is 78.4 Å². The Labute approximate surface area is 303 Å². The molecule has 18 nitrogen and oxygen atoms in total. The number of phenols is 1. The predicted molar refractivity (Wildman–Crippen MR) is 180 cm³/mol. The third-order valence-electron chi connectivity index (χ3n) is 8.59. The average molecular weight is 753 g/mol. The van der Waals surface area contributed by atoms with Gasteiger partial charge >= 0.3 is 11.9 Å². The Morgan fingerprint density at radius 2 is 1.28 bits per heavy atom. The van der Waals surface area contributed by atoms with E-state index in [0.29, 0.717) is 22.6 Å². The number of aromatic hydroxyl groups is 1. The van der Waals surface area contributed by atoms with Crippen molar-refractivity contribution in [1.29, 1.82) is 0 Å². The van der Waals surface area contributed by atoms with Crippen molar-refractivity contribution >= 4 is 24.1 Å². The molecule has 9 atom stereocenters. The molecule has 2 heterocycles. The molecule has 2 aromatic carbocycles. The summed E-state index contributed by atoms with van der Waals surface area (Å²) < 4.78 is 48.4. The van der Waals surface area contributed by atoms with Crippen molar-refractivity contribution < 1.29 is 88.0 Å². The molecule has 0 aromatic heterocycles. The molecular formula is C35H44O18. The molecule has 292 valence electrons. The number of phenolic OH excluding ortho intramolecular Hbond substituents is 1. The van der Waals surface area contributed by atoms with Crippen molar-refractivity contribution in [2.45, 2.75) is 61.7 Å². The molecule has 2 saturated heterocycles. The third-order valence-corrected chi connectivity index (χ3v) is 8.59. The lowest BCUT2D eigenvalue weighted by Crippen LogP contribution is -2.63. The lowest BCUT2D eigenvalue weighted by atomic mass is 9.98. The second kappa shape index (κ2) is 18.0. The van der Waals surface area contributed by atoms with Crippen molar-refractivity contribution in [2.75, 3.05) is 48.3 Å². The van der Waals surface area contributed by atoms with Crippen LogP contribution in [-0.4, -0.2) is 151 Å². The molecule has 53 heavy (non-hydrogen) atoms. The van der Waals surface area contributed by atoms with E-state index < -0.39 is 86.6 Å². The van der Waals surface area contributed by atoms with E-state index in [1.807, 2.05) is 0 Å². The number of hydrogen-bond acceptors (Lipinski definition) is 18. The van der Waals surface area contributed by atoms with Crippen molar-refractivity contribution in [3.05, 3.63) is 53.1 Å². The maximum absolute atomic E-state index is 13.0. The minimum Gasteiger partial charge on any atom is -0.502 e. The molecule has 2 fully saturated rings. The second-order valence-electron chi connectivity index (χ2n) is 11.9. The van der Waals surface area contributed by atoms with Gasteiger partial charge in [-0.3, -0.25) is 0 Å². The van der Waals surface area contributed by atoms with Gasteiger partial charge in [-0.1, -0.05) is 0 Å². The van der Waals surface area contributed by atoms with E-state index in [2.05, 4.69) is 0 Å². The van der Waals surface area contributed by atoms with E-state index >= 15 is 0 Å². The van der Waals surface area contributed by atoms with Crippen LogP contribution in [0.5, 0.6) is 28.7 Å². The van der Waals surface area contributed by atoms with Crippen LogP contribution < -0.4 is 18.9 Å². The number of carbonyl (C=O) groups excluding carboxylic acids is 2. The van der Waals surface area contributed by atoms with Gasteiger partial charge in [-0.15, -0.1) is 0 Å². The molecule has 7 N–H and O–H groups in total. The summed E-state index contributed by atoms with van der Waals surface area (Å²) in [5.41, 5.74) is 1.62. The second-order valence-corrected chi connectivity index (χ2v) is 11.9. The fourth-order valence-electron chi connectivity index (χ4n) is 5.68. The molecule has 0 spiro atoms. The first-order valence-corrected chi connectivity index (χ1v) is 16.1. The summed E-state index contributed by atoms with van der Waals surface area (Å²) in [4.78, 5) is 25.5. The fraction of sp³-hybridized carbons (Fsp3) is 0.486. The predicted octanol–water partition coefficient (Wildman–Crippen LogP) is -0.819. The molecule has 2 aliphatic heterocycles. The maximum Gasteiger partial charge on any atom is 0.331 e. The zero-order valence-corrected chi connectivity index (χ0v) is 29.5. The number of esters is 2. The summed E-state index contributed by atoms with van der Waals surface area (Å²) in [6.45, 7) is -0.821. The highest BCUT2D eigenvalue weighted by Gasteiger charge is 2.60. The summed E-state index contributed by atoms with van der Waals surface area (Å²) >= 11 is 0. The van der Waals surface area contributed by atoms with E-state index in [4.69, 9.17) is 42.6 Å². The number of aliphatic hydroxyl groups excluding tert-OH is 6. The van der Waals surface area contributed by atoms with Crippen LogP contribution in [0.2, 0.25) is 0 Å². The van der Waals surface area contributed by atoms with Crippen LogP contribution in [0.3, 0.4) is 0 Å². The highest BCUT2D eigenvalue weighted by atomic mass is 16.8. The molecule has 0 saturated carbocycles. The molecule has 0 bridgehead atoms. The van der Waals surface area contributed by atoms with E-state index in [9.17, 15) is 45.3 Å². The number of methoxy groups -OCH3 is 4. The third kappa shape index (κ3) is 9.18. The van der Waals surface area contributed by atoms with Gasteiger partial charge in [0, 0.05) is 17.7 Å². The summed E-state index contributed by atoms with van der Waals surface area (Å²) in [7, 11) is 5.59. The number of rotatable bonds is 15. The zero-order chi connectivity index (χ0) is 39.0. The van der Waals surface area contributed by atoms with Crippen molar-refractivity contribution in [1.82, 2.24) is 0 Å². The minimum atomic E-state index is -2.49. The Balaban J connectivity index is 1.48. The Kier molecular flexibility index (Phi) is 14.0. The number of benzene rings is 2. The molecule has 0 amide bonds. The smallest absolute Gasteiger partial charge is 0.331 e. The Bertz CT molecular complexity index is 1590. The fourth-order valence-corrected chi connectivity index (χ4v) is 5.68. The molecule has 2 aliphatic rings. The maximum atomic E-state index is 13.0. The van der Waals surface area contributed by atoms with Crippen LogP contribution in [0.25, 0.3) is 12.2 Å². The topological polar surface area (TPSA) is 259 Å². The summed E-state index contributed by atoms with van der Waals surface area (Å²) in [6, 6.07) is 6.12.